The van der Waals surface area contributed by atoms with Gasteiger partial charge >= 0.3 is 6.09 Å². The second-order valence-electron chi connectivity index (χ2n) is 11.2. The second-order valence-corrected chi connectivity index (χ2v) is 11.2. The molecule has 0 saturated heterocycles. The van der Waals surface area contributed by atoms with E-state index in [1.807, 2.05) is 75.4 Å². The smallest absolute Gasteiger partial charge is 0.412 e. The van der Waals surface area contributed by atoms with Gasteiger partial charge in [-0.3, -0.25) is 5.32 Å². The van der Waals surface area contributed by atoms with E-state index in [9.17, 15) is 9.90 Å². The summed E-state index contributed by atoms with van der Waals surface area (Å²) in [5.74, 6) is 0.847. The molecule has 1 atom stereocenters. The molecule has 0 fully saturated rings. The number of hydrogen-bond acceptors (Lipinski definition) is 5. The maximum atomic E-state index is 12.6. The van der Waals surface area contributed by atoms with Crippen molar-refractivity contribution >= 4 is 11.8 Å². The highest BCUT2D eigenvalue weighted by molar-refractivity contribution is 5.88. The van der Waals surface area contributed by atoms with Gasteiger partial charge in [0.15, 0.2) is 0 Å². The predicted octanol–water partition coefficient (Wildman–Crippen LogP) is 7.64. The third-order valence-electron chi connectivity index (χ3n) is 6.03. The number of benzene rings is 3. The molecule has 0 heterocycles. The molecule has 1 amide bonds. The minimum Gasteiger partial charge on any atom is -0.508 e. The number of phenolic OH excluding ortho intramolecular Hbond substituents is 1. The number of amides is 1. The third-order valence-corrected chi connectivity index (χ3v) is 6.03. The highest BCUT2D eigenvalue weighted by Gasteiger charge is 2.24. The highest BCUT2D eigenvalue weighted by atomic mass is 16.6. The largest absolute Gasteiger partial charge is 0.508 e. The quantitative estimate of drug-likeness (QED) is 0.345. The van der Waals surface area contributed by atoms with E-state index < -0.39 is 17.8 Å². The lowest BCUT2D eigenvalue weighted by atomic mass is 9.84. The molecule has 0 aromatic heterocycles. The molecule has 0 aliphatic carbocycles. The second kappa shape index (κ2) is 11.3. The van der Waals surface area contributed by atoms with Gasteiger partial charge in [-0.25, -0.2) is 4.79 Å². The summed E-state index contributed by atoms with van der Waals surface area (Å²) in [7, 11) is 3.26. The van der Waals surface area contributed by atoms with E-state index in [2.05, 4.69) is 26.1 Å². The topological polar surface area (TPSA) is 77.0 Å². The lowest BCUT2D eigenvalue weighted by Gasteiger charge is -2.25. The van der Waals surface area contributed by atoms with Crippen LogP contribution in [0.5, 0.6) is 11.5 Å². The number of aromatic hydroxyl groups is 1. The number of phenols is 1. The van der Waals surface area contributed by atoms with E-state index in [1.54, 1.807) is 20.3 Å². The summed E-state index contributed by atoms with van der Waals surface area (Å²) in [6.07, 6.45) is -0.581. The van der Waals surface area contributed by atoms with E-state index in [0.29, 0.717) is 23.4 Å². The van der Waals surface area contributed by atoms with Crippen LogP contribution in [0.25, 0.3) is 11.1 Å². The minimum absolute atomic E-state index is 0.0871. The summed E-state index contributed by atoms with van der Waals surface area (Å²) in [5, 5.41) is 13.6. The lowest BCUT2D eigenvalue weighted by molar-refractivity contribution is 0.0636. The monoisotopic (exact) mass is 505 g/mol. The van der Waals surface area contributed by atoms with Crippen molar-refractivity contribution in [1.82, 2.24) is 0 Å². The van der Waals surface area contributed by atoms with Gasteiger partial charge in [-0.1, -0.05) is 57.2 Å². The number of nitrogens with one attached hydrogen (secondary N) is 1. The molecule has 0 radical (unpaired) electrons. The van der Waals surface area contributed by atoms with Gasteiger partial charge in [-0.2, -0.15) is 0 Å². The Balaban J connectivity index is 2.10. The molecule has 1 unspecified atom stereocenters. The standard InChI is InChI=1S/C31H39NO5/c1-30(2,3)22-14-15-26(33)25(18-22)27(35-7)17-21-16-23(32-29(34)37-31(4,5)6)19-24(28(21)36-8)20-12-10-9-11-13-20/h9-16,18-19,27,33H,17H2,1-8H3,(H,32,34). The number of rotatable bonds is 7. The van der Waals surface area contributed by atoms with Crippen molar-refractivity contribution in [2.45, 2.75) is 65.1 Å². The van der Waals surface area contributed by atoms with Crippen molar-refractivity contribution in [1.29, 1.82) is 0 Å². The Hall–Kier alpha value is -3.51. The molecule has 0 aliphatic rings. The van der Waals surface area contributed by atoms with Crippen LogP contribution in [0.2, 0.25) is 0 Å². The van der Waals surface area contributed by atoms with Crippen molar-refractivity contribution < 1.29 is 24.1 Å². The maximum absolute atomic E-state index is 12.6. The van der Waals surface area contributed by atoms with Crippen molar-refractivity contribution in [3.8, 4) is 22.6 Å². The number of carbonyl (C=O) groups is 1. The highest BCUT2D eigenvalue weighted by Crippen LogP contribution is 2.40. The molecule has 0 bridgehead atoms. The molecule has 6 nitrogen and oxygen atoms in total. The third kappa shape index (κ3) is 7.26. The van der Waals surface area contributed by atoms with Crippen LogP contribution in [0.1, 0.15) is 64.3 Å². The van der Waals surface area contributed by atoms with Crippen LogP contribution >= 0.6 is 0 Å². The Bertz CT molecular complexity index is 1220. The van der Waals surface area contributed by atoms with E-state index >= 15 is 0 Å². The summed E-state index contributed by atoms with van der Waals surface area (Å²) >= 11 is 0. The Labute approximate surface area is 220 Å². The maximum Gasteiger partial charge on any atom is 0.412 e. The Morgan fingerprint density at radius 2 is 1.62 bits per heavy atom. The van der Waals surface area contributed by atoms with Gasteiger partial charge in [0.2, 0.25) is 0 Å². The number of methoxy groups -OCH3 is 2. The molecule has 2 N–H and O–H groups in total. The first-order valence-electron chi connectivity index (χ1n) is 12.4. The van der Waals surface area contributed by atoms with Gasteiger partial charge in [-0.05, 0) is 67.1 Å². The molecular weight excluding hydrogens is 466 g/mol. The van der Waals surface area contributed by atoms with E-state index in [1.165, 1.54) is 0 Å². The molecule has 3 rings (SSSR count). The molecule has 198 valence electrons. The van der Waals surface area contributed by atoms with Gasteiger partial charge < -0.3 is 19.3 Å². The number of anilines is 1. The first kappa shape index (κ1) is 28.1. The Morgan fingerprint density at radius 3 is 2.19 bits per heavy atom. The number of hydrogen-bond donors (Lipinski definition) is 2. The van der Waals surface area contributed by atoms with Crippen LogP contribution in [0.4, 0.5) is 10.5 Å². The van der Waals surface area contributed by atoms with Crippen LogP contribution in [0.15, 0.2) is 60.7 Å². The zero-order valence-corrected chi connectivity index (χ0v) is 23.1. The van der Waals surface area contributed by atoms with Gasteiger partial charge in [0, 0.05) is 30.3 Å². The van der Waals surface area contributed by atoms with Crippen LogP contribution < -0.4 is 10.1 Å². The average Bonchev–Trinajstić information content (AvgIpc) is 2.81. The lowest BCUT2D eigenvalue weighted by Crippen LogP contribution is -2.27. The van der Waals surface area contributed by atoms with Crippen LogP contribution in [0, 0.1) is 0 Å². The summed E-state index contributed by atoms with van der Waals surface area (Å²) in [5.41, 5.74) is 4.25. The molecule has 3 aromatic carbocycles. The molecule has 37 heavy (non-hydrogen) atoms. The molecule has 0 aliphatic heterocycles. The summed E-state index contributed by atoms with van der Waals surface area (Å²) in [6, 6.07) is 19.2. The number of ether oxygens (including phenoxy) is 3. The number of carbonyl (C=O) groups excluding carboxylic acids is 1. The molecule has 0 saturated carbocycles. The van der Waals surface area contributed by atoms with Gasteiger partial charge in [0.05, 0.1) is 13.2 Å². The van der Waals surface area contributed by atoms with Crippen LogP contribution in [-0.4, -0.2) is 31.0 Å². The van der Waals surface area contributed by atoms with Crippen LogP contribution in [0.3, 0.4) is 0 Å². The van der Waals surface area contributed by atoms with Crippen molar-refractivity contribution in [3.05, 3.63) is 77.4 Å². The summed E-state index contributed by atoms with van der Waals surface area (Å²) in [4.78, 5) is 12.6. The fraction of sp³-hybridized carbons (Fsp3) is 0.387. The predicted molar refractivity (Wildman–Crippen MR) is 149 cm³/mol. The Morgan fingerprint density at radius 1 is 0.946 bits per heavy atom. The first-order chi connectivity index (χ1) is 17.3. The molecular formula is C31H39NO5. The average molecular weight is 506 g/mol. The van der Waals surface area contributed by atoms with Crippen molar-refractivity contribution in [3.63, 3.8) is 0 Å². The van der Waals surface area contributed by atoms with Crippen LogP contribution in [-0.2, 0) is 21.3 Å². The summed E-state index contributed by atoms with van der Waals surface area (Å²) in [6.45, 7) is 11.9. The fourth-order valence-electron chi connectivity index (χ4n) is 4.21. The SMILES string of the molecule is COc1c(CC(OC)c2cc(C(C)(C)C)ccc2O)cc(NC(=O)OC(C)(C)C)cc1-c1ccccc1. The van der Waals surface area contributed by atoms with Gasteiger partial charge in [0.25, 0.3) is 0 Å². The van der Waals surface area contributed by atoms with E-state index in [-0.39, 0.29) is 11.2 Å². The van der Waals surface area contributed by atoms with E-state index in [4.69, 9.17) is 14.2 Å². The van der Waals surface area contributed by atoms with Gasteiger partial charge in [-0.15, -0.1) is 0 Å². The molecule has 0 spiro atoms. The molecule has 3 aromatic rings. The minimum atomic E-state index is -0.627. The zero-order valence-electron chi connectivity index (χ0n) is 23.1. The molecule has 6 heteroatoms. The van der Waals surface area contributed by atoms with E-state index in [0.717, 1.165) is 22.3 Å². The van der Waals surface area contributed by atoms with Gasteiger partial charge in [0.1, 0.15) is 17.1 Å². The fourth-order valence-corrected chi connectivity index (χ4v) is 4.21. The Kier molecular flexibility index (Phi) is 8.54. The van der Waals surface area contributed by atoms with Crippen molar-refractivity contribution in [2.75, 3.05) is 19.5 Å². The normalized spacial score (nSPS) is 12.6. The van der Waals surface area contributed by atoms with Crippen molar-refractivity contribution in [2.24, 2.45) is 0 Å². The summed E-state index contributed by atoms with van der Waals surface area (Å²) < 4.78 is 17.3. The first-order valence-corrected chi connectivity index (χ1v) is 12.4. The zero-order chi connectivity index (χ0) is 27.4.